The summed E-state index contributed by atoms with van der Waals surface area (Å²) < 4.78 is 1.17. The normalized spacial score (nSPS) is 23.2. The molecule has 0 aliphatic carbocycles. The highest BCUT2D eigenvalue weighted by atomic mass is 32.1. The zero-order valence-electron chi connectivity index (χ0n) is 22.0. The number of nitrogens with zero attached hydrogens (tertiary/aromatic N) is 6. The fraction of sp³-hybridized carbons (Fsp3) is 0.556. The number of thiocarbonyl (C=S) groups is 1. The number of benzene rings is 1. The monoisotopic (exact) mass is 524 g/mol. The van der Waals surface area contributed by atoms with E-state index in [1.807, 2.05) is 17.2 Å². The third-order valence-electron chi connectivity index (χ3n) is 7.44. The van der Waals surface area contributed by atoms with Crippen LogP contribution < -0.4 is 4.90 Å². The minimum atomic E-state index is -0.730. The fourth-order valence-electron chi connectivity index (χ4n) is 5.15. The smallest absolute Gasteiger partial charge is 0.219 e. The molecular formula is C27H36N6OS2. The van der Waals surface area contributed by atoms with Crippen molar-refractivity contribution < 1.29 is 4.79 Å². The van der Waals surface area contributed by atoms with Crippen molar-refractivity contribution in [1.29, 1.82) is 0 Å². The zero-order valence-corrected chi connectivity index (χ0v) is 23.6. The number of likely N-dealkylation sites (N-methyl/N-ethyl adjacent to an activating group) is 1. The lowest BCUT2D eigenvalue weighted by atomic mass is 9.87. The minimum Gasteiger partial charge on any atom is -0.369 e. The van der Waals surface area contributed by atoms with Crippen molar-refractivity contribution >= 4 is 56.6 Å². The summed E-state index contributed by atoms with van der Waals surface area (Å²) in [6.45, 7) is 15.1. The Hall–Kier alpha value is -2.36. The van der Waals surface area contributed by atoms with Gasteiger partial charge in [0.1, 0.15) is 4.99 Å². The quantitative estimate of drug-likeness (QED) is 0.571. The number of piperazine rings is 2. The van der Waals surface area contributed by atoms with Gasteiger partial charge in [0.05, 0.1) is 15.2 Å². The van der Waals surface area contributed by atoms with E-state index in [0.717, 1.165) is 60.3 Å². The molecule has 0 N–H and O–H groups in total. The van der Waals surface area contributed by atoms with Crippen molar-refractivity contribution in [2.45, 2.75) is 38.6 Å². The molecule has 1 unspecified atom stereocenters. The van der Waals surface area contributed by atoms with E-state index in [-0.39, 0.29) is 11.3 Å². The molecule has 3 aliphatic heterocycles. The summed E-state index contributed by atoms with van der Waals surface area (Å²) in [6.07, 6.45) is 6.05. The number of aliphatic imine (C=N–C) groups is 1. The van der Waals surface area contributed by atoms with Crippen LogP contribution in [0.4, 0.5) is 5.69 Å². The van der Waals surface area contributed by atoms with Gasteiger partial charge in [0.25, 0.3) is 0 Å². The summed E-state index contributed by atoms with van der Waals surface area (Å²) in [5, 5.41) is 1.14. The Morgan fingerprint density at radius 1 is 1.03 bits per heavy atom. The van der Waals surface area contributed by atoms with Crippen LogP contribution in [0.3, 0.4) is 0 Å². The summed E-state index contributed by atoms with van der Waals surface area (Å²) >= 11 is 7.99. The van der Waals surface area contributed by atoms with E-state index in [9.17, 15) is 4.79 Å². The first-order valence-electron chi connectivity index (χ1n) is 12.8. The van der Waals surface area contributed by atoms with E-state index in [1.54, 1.807) is 18.3 Å². The van der Waals surface area contributed by atoms with Crippen LogP contribution in [0, 0.1) is 0 Å². The van der Waals surface area contributed by atoms with Gasteiger partial charge in [-0.2, -0.15) is 0 Å². The van der Waals surface area contributed by atoms with E-state index in [0.29, 0.717) is 13.1 Å². The number of carbonyl (C=O) groups excluding carboxylic acids is 1. The lowest BCUT2D eigenvalue weighted by molar-refractivity contribution is -0.130. The SMILES string of the molecule is CC(=O)N1CCN(C(=S)C2(c3cc4sc(C(C)(C)C)nc4cc3N3CCN(C)CC3)C=CC=N2)CC1. The van der Waals surface area contributed by atoms with Crippen molar-refractivity contribution in [3.8, 4) is 0 Å². The van der Waals surface area contributed by atoms with Gasteiger partial charge in [-0.3, -0.25) is 9.79 Å². The standard InChI is InChI=1S/C27H36N6OS2/c1-19(34)31-13-15-33(16-14-31)25(35)27(7-6-8-28-27)20-17-23-21(29-24(36-23)26(2,3)4)18-22(20)32-11-9-30(5)10-12-32/h6-8,17-18H,9-16H2,1-5H3. The molecule has 9 heteroatoms. The molecule has 0 bridgehead atoms. The van der Waals surface area contributed by atoms with Crippen molar-refractivity contribution in [2.75, 3.05) is 64.3 Å². The van der Waals surface area contributed by atoms with E-state index in [1.165, 1.54) is 10.4 Å². The second-order valence-electron chi connectivity index (χ2n) is 11.1. The average Bonchev–Trinajstić information content (AvgIpc) is 3.51. The van der Waals surface area contributed by atoms with Crippen molar-refractivity contribution in [1.82, 2.24) is 19.7 Å². The van der Waals surface area contributed by atoms with Crippen molar-refractivity contribution in [3.05, 3.63) is 34.9 Å². The summed E-state index contributed by atoms with van der Waals surface area (Å²) in [6, 6.07) is 4.56. The highest BCUT2D eigenvalue weighted by Gasteiger charge is 2.42. The molecule has 0 saturated carbocycles. The van der Waals surface area contributed by atoms with Crippen LogP contribution in [0.15, 0.2) is 29.3 Å². The van der Waals surface area contributed by atoms with Gasteiger partial charge >= 0.3 is 0 Å². The minimum absolute atomic E-state index is 0.00730. The first-order valence-corrected chi connectivity index (χ1v) is 14.0. The molecule has 5 rings (SSSR count). The van der Waals surface area contributed by atoms with Crippen LogP contribution in [-0.2, 0) is 15.7 Å². The number of anilines is 1. The molecule has 192 valence electrons. The van der Waals surface area contributed by atoms with Crippen LogP contribution in [0.2, 0.25) is 0 Å². The van der Waals surface area contributed by atoms with Crippen LogP contribution >= 0.6 is 23.6 Å². The number of allylic oxidation sites excluding steroid dienone is 1. The molecule has 2 saturated heterocycles. The predicted octanol–water partition coefficient (Wildman–Crippen LogP) is 3.67. The van der Waals surface area contributed by atoms with Gasteiger partial charge in [-0.15, -0.1) is 11.3 Å². The van der Waals surface area contributed by atoms with E-state index in [2.05, 4.69) is 60.7 Å². The molecule has 0 radical (unpaired) electrons. The van der Waals surface area contributed by atoms with Crippen LogP contribution in [-0.4, -0.2) is 96.2 Å². The molecule has 2 aromatic rings. The van der Waals surface area contributed by atoms with Gasteiger partial charge in [0, 0.05) is 82.2 Å². The molecule has 1 amide bonds. The summed E-state index contributed by atoms with van der Waals surface area (Å²) in [5.74, 6) is 0.122. The van der Waals surface area contributed by atoms with Gasteiger partial charge in [-0.1, -0.05) is 33.0 Å². The Bertz CT molecular complexity index is 1210. The topological polar surface area (TPSA) is 55.3 Å². The van der Waals surface area contributed by atoms with E-state index < -0.39 is 5.54 Å². The number of carbonyl (C=O) groups is 1. The van der Waals surface area contributed by atoms with E-state index >= 15 is 0 Å². The second-order valence-corrected chi connectivity index (χ2v) is 12.5. The Morgan fingerprint density at radius 2 is 1.69 bits per heavy atom. The molecule has 7 nitrogen and oxygen atoms in total. The zero-order chi connectivity index (χ0) is 25.7. The summed E-state index contributed by atoms with van der Waals surface area (Å²) in [7, 11) is 2.18. The average molecular weight is 525 g/mol. The number of rotatable bonds is 3. The Balaban J connectivity index is 1.60. The lowest BCUT2D eigenvalue weighted by Crippen LogP contribution is -2.54. The molecule has 3 aliphatic rings. The van der Waals surface area contributed by atoms with Crippen molar-refractivity contribution in [2.24, 2.45) is 4.99 Å². The van der Waals surface area contributed by atoms with Gasteiger partial charge in [0.15, 0.2) is 5.54 Å². The maximum absolute atomic E-state index is 11.9. The maximum atomic E-state index is 11.9. The molecular weight excluding hydrogens is 488 g/mol. The highest BCUT2D eigenvalue weighted by Crippen LogP contribution is 2.43. The Kier molecular flexibility index (Phi) is 6.68. The lowest BCUT2D eigenvalue weighted by Gasteiger charge is -2.42. The van der Waals surface area contributed by atoms with Gasteiger partial charge in [-0.05, 0) is 31.3 Å². The number of aromatic nitrogens is 1. The first kappa shape index (κ1) is 25.3. The number of fused-ring (bicyclic) bond motifs is 1. The molecule has 36 heavy (non-hydrogen) atoms. The highest BCUT2D eigenvalue weighted by molar-refractivity contribution is 7.80. The molecule has 1 aromatic heterocycles. The predicted molar refractivity (Wildman–Crippen MR) is 154 cm³/mol. The maximum Gasteiger partial charge on any atom is 0.219 e. The molecule has 0 spiro atoms. The Labute approximate surface area is 223 Å². The third-order valence-corrected chi connectivity index (χ3v) is 9.46. The molecule has 4 heterocycles. The van der Waals surface area contributed by atoms with Gasteiger partial charge in [-0.25, -0.2) is 4.98 Å². The number of hydrogen-bond acceptors (Lipinski definition) is 7. The van der Waals surface area contributed by atoms with Gasteiger partial charge < -0.3 is 19.6 Å². The van der Waals surface area contributed by atoms with Crippen LogP contribution in [0.25, 0.3) is 10.2 Å². The number of hydrogen-bond donors (Lipinski definition) is 0. The van der Waals surface area contributed by atoms with Gasteiger partial charge in [0.2, 0.25) is 5.91 Å². The second kappa shape index (κ2) is 9.50. The number of amides is 1. The largest absolute Gasteiger partial charge is 0.369 e. The van der Waals surface area contributed by atoms with E-state index in [4.69, 9.17) is 22.2 Å². The first-order chi connectivity index (χ1) is 17.1. The summed E-state index contributed by atoms with van der Waals surface area (Å²) in [5.41, 5.74) is 2.62. The van der Waals surface area contributed by atoms with Crippen LogP contribution in [0.5, 0.6) is 0 Å². The van der Waals surface area contributed by atoms with Crippen molar-refractivity contribution in [3.63, 3.8) is 0 Å². The molecule has 1 atom stereocenters. The third kappa shape index (κ3) is 4.57. The Morgan fingerprint density at radius 3 is 2.28 bits per heavy atom. The fourth-order valence-corrected chi connectivity index (χ4v) is 6.61. The number of thiazole rings is 1. The van der Waals surface area contributed by atoms with Crippen LogP contribution in [0.1, 0.15) is 38.3 Å². The molecule has 2 fully saturated rings. The summed E-state index contributed by atoms with van der Waals surface area (Å²) in [4.78, 5) is 31.8. The molecule has 1 aromatic carbocycles.